The average molecular weight is 237 g/mol. The number of rotatable bonds is 3. The highest BCUT2D eigenvalue weighted by atomic mass is 16.5. The first-order chi connectivity index (χ1) is 8.22. The number of aromatic nitrogens is 2. The molecule has 1 N–H and O–H groups in total. The first-order valence-corrected chi connectivity index (χ1v) is 5.62. The second-order valence-electron chi connectivity index (χ2n) is 3.90. The molecule has 1 fully saturated rings. The van der Waals surface area contributed by atoms with Crippen molar-refractivity contribution >= 4 is 11.8 Å². The topological polar surface area (TPSA) is 75.5 Å². The maximum absolute atomic E-state index is 10.8. The summed E-state index contributed by atoms with van der Waals surface area (Å²) in [5, 5.41) is 8.89. The summed E-state index contributed by atoms with van der Waals surface area (Å²) >= 11 is 0. The molecule has 0 bridgehead atoms. The van der Waals surface area contributed by atoms with Crippen LogP contribution in [0, 0.1) is 0 Å². The van der Waals surface area contributed by atoms with E-state index in [2.05, 4.69) is 21.8 Å². The van der Waals surface area contributed by atoms with Gasteiger partial charge in [0.15, 0.2) is 5.69 Å². The number of morpholine rings is 1. The molecular weight excluding hydrogens is 222 g/mol. The van der Waals surface area contributed by atoms with Crippen LogP contribution in [0.5, 0.6) is 0 Å². The van der Waals surface area contributed by atoms with Crippen molar-refractivity contribution < 1.29 is 14.6 Å². The number of anilines is 1. The van der Waals surface area contributed by atoms with Crippen LogP contribution in [0.3, 0.4) is 0 Å². The van der Waals surface area contributed by atoms with Gasteiger partial charge in [-0.05, 0) is 6.42 Å². The minimum absolute atomic E-state index is 0.0242. The minimum Gasteiger partial charge on any atom is -0.476 e. The molecule has 0 radical (unpaired) electrons. The third kappa shape index (κ3) is 2.52. The van der Waals surface area contributed by atoms with Gasteiger partial charge in [-0.25, -0.2) is 9.78 Å². The monoisotopic (exact) mass is 237 g/mol. The third-order valence-corrected chi connectivity index (χ3v) is 2.83. The molecule has 17 heavy (non-hydrogen) atoms. The summed E-state index contributed by atoms with van der Waals surface area (Å²) in [7, 11) is 0. The van der Waals surface area contributed by atoms with Crippen molar-refractivity contribution in [3.8, 4) is 0 Å². The van der Waals surface area contributed by atoms with Gasteiger partial charge < -0.3 is 14.7 Å². The van der Waals surface area contributed by atoms with Crippen LogP contribution in [-0.2, 0) is 4.74 Å². The molecule has 2 heterocycles. The highest BCUT2D eigenvalue weighted by molar-refractivity contribution is 5.85. The van der Waals surface area contributed by atoms with Gasteiger partial charge in [-0.15, -0.1) is 0 Å². The Kier molecular flexibility index (Phi) is 3.53. The standard InChI is InChI=1S/C11H15N3O3/c1-2-8-7-17-4-3-14(8)10-6-12-5-9(13-10)11(15)16/h5-6,8H,2-4,7H2,1H3,(H,15,16). The van der Waals surface area contributed by atoms with Crippen molar-refractivity contribution in [2.75, 3.05) is 24.7 Å². The van der Waals surface area contributed by atoms with E-state index in [0.29, 0.717) is 19.0 Å². The van der Waals surface area contributed by atoms with Gasteiger partial charge >= 0.3 is 5.97 Å². The normalized spacial score (nSPS) is 20.3. The van der Waals surface area contributed by atoms with Crippen molar-refractivity contribution in [1.82, 2.24) is 9.97 Å². The van der Waals surface area contributed by atoms with E-state index in [9.17, 15) is 4.79 Å². The number of hydrogen-bond acceptors (Lipinski definition) is 5. The quantitative estimate of drug-likeness (QED) is 0.837. The van der Waals surface area contributed by atoms with Crippen molar-refractivity contribution in [1.29, 1.82) is 0 Å². The second kappa shape index (κ2) is 5.09. The molecule has 1 aliphatic rings. The first-order valence-electron chi connectivity index (χ1n) is 5.62. The molecule has 1 unspecified atom stereocenters. The zero-order valence-corrected chi connectivity index (χ0v) is 9.67. The molecule has 92 valence electrons. The fraction of sp³-hybridized carbons (Fsp3) is 0.545. The second-order valence-corrected chi connectivity index (χ2v) is 3.90. The number of carboxylic acid groups (broad SMARTS) is 1. The average Bonchev–Trinajstić information content (AvgIpc) is 2.39. The lowest BCUT2D eigenvalue weighted by Crippen LogP contribution is -2.45. The van der Waals surface area contributed by atoms with Crippen molar-refractivity contribution in [3.63, 3.8) is 0 Å². The summed E-state index contributed by atoms with van der Waals surface area (Å²) in [6, 6.07) is 0.238. The Morgan fingerprint density at radius 2 is 2.47 bits per heavy atom. The predicted molar refractivity (Wildman–Crippen MR) is 61.2 cm³/mol. The van der Waals surface area contributed by atoms with Crippen LogP contribution in [0.4, 0.5) is 5.82 Å². The summed E-state index contributed by atoms with van der Waals surface area (Å²) in [4.78, 5) is 20.9. The third-order valence-electron chi connectivity index (χ3n) is 2.83. The molecule has 0 amide bonds. The molecule has 1 atom stereocenters. The number of aromatic carboxylic acids is 1. The molecule has 0 aromatic carbocycles. The highest BCUT2D eigenvalue weighted by Crippen LogP contribution is 2.18. The Bertz CT molecular complexity index is 411. The molecule has 0 aliphatic carbocycles. The van der Waals surface area contributed by atoms with E-state index in [1.54, 1.807) is 6.20 Å². The molecule has 2 rings (SSSR count). The van der Waals surface area contributed by atoms with Crippen LogP contribution in [0.2, 0.25) is 0 Å². The van der Waals surface area contributed by atoms with Crippen LogP contribution in [0.1, 0.15) is 23.8 Å². The van der Waals surface area contributed by atoms with E-state index < -0.39 is 5.97 Å². The number of carboxylic acids is 1. The number of hydrogen-bond donors (Lipinski definition) is 1. The van der Waals surface area contributed by atoms with E-state index in [0.717, 1.165) is 13.0 Å². The molecule has 6 heteroatoms. The van der Waals surface area contributed by atoms with Crippen molar-refractivity contribution in [2.45, 2.75) is 19.4 Å². The van der Waals surface area contributed by atoms with Crippen molar-refractivity contribution in [3.05, 3.63) is 18.1 Å². The fourth-order valence-electron chi connectivity index (χ4n) is 1.89. The zero-order valence-electron chi connectivity index (χ0n) is 9.67. The van der Waals surface area contributed by atoms with Crippen LogP contribution >= 0.6 is 0 Å². The molecular formula is C11H15N3O3. The highest BCUT2D eigenvalue weighted by Gasteiger charge is 2.23. The zero-order chi connectivity index (χ0) is 12.3. The summed E-state index contributed by atoms with van der Waals surface area (Å²) in [6.07, 6.45) is 3.78. The van der Waals surface area contributed by atoms with Gasteiger partial charge in [0.05, 0.1) is 31.6 Å². The van der Waals surface area contributed by atoms with Crippen molar-refractivity contribution in [2.24, 2.45) is 0 Å². The number of ether oxygens (including phenoxy) is 1. The van der Waals surface area contributed by atoms with E-state index >= 15 is 0 Å². The summed E-state index contributed by atoms with van der Waals surface area (Å²) in [6.45, 7) is 4.07. The van der Waals surface area contributed by atoms with E-state index in [-0.39, 0.29) is 11.7 Å². The van der Waals surface area contributed by atoms with Crippen LogP contribution < -0.4 is 4.90 Å². The number of carbonyl (C=O) groups is 1. The Hall–Kier alpha value is -1.69. The Morgan fingerprint density at radius 3 is 3.18 bits per heavy atom. The van der Waals surface area contributed by atoms with Crippen LogP contribution in [0.15, 0.2) is 12.4 Å². The molecule has 6 nitrogen and oxygen atoms in total. The van der Waals surface area contributed by atoms with E-state index in [1.807, 2.05) is 0 Å². The Labute approximate surface area is 99.2 Å². The maximum Gasteiger partial charge on any atom is 0.356 e. The SMILES string of the molecule is CCC1COCCN1c1cncc(C(=O)O)n1. The predicted octanol–water partition coefficient (Wildman–Crippen LogP) is 0.790. The van der Waals surface area contributed by atoms with Gasteiger partial charge in [-0.1, -0.05) is 6.92 Å². The van der Waals surface area contributed by atoms with Gasteiger partial charge in [-0.3, -0.25) is 4.98 Å². The Morgan fingerprint density at radius 1 is 1.65 bits per heavy atom. The van der Waals surface area contributed by atoms with Gasteiger partial charge in [0, 0.05) is 6.54 Å². The van der Waals surface area contributed by atoms with E-state index in [1.165, 1.54) is 6.20 Å². The minimum atomic E-state index is -1.05. The molecule has 1 saturated heterocycles. The van der Waals surface area contributed by atoms with Gasteiger partial charge in [0.2, 0.25) is 0 Å². The van der Waals surface area contributed by atoms with Crippen LogP contribution in [0.25, 0.3) is 0 Å². The fourth-order valence-corrected chi connectivity index (χ4v) is 1.89. The smallest absolute Gasteiger partial charge is 0.356 e. The molecule has 1 aromatic rings. The lowest BCUT2D eigenvalue weighted by atomic mass is 10.2. The van der Waals surface area contributed by atoms with Gasteiger partial charge in [-0.2, -0.15) is 0 Å². The van der Waals surface area contributed by atoms with Gasteiger partial charge in [0.25, 0.3) is 0 Å². The largest absolute Gasteiger partial charge is 0.476 e. The Balaban J connectivity index is 2.25. The summed E-state index contributed by atoms with van der Waals surface area (Å²) in [5.41, 5.74) is -0.0242. The lowest BCUT2D eigenvalue weighted by Gasteiger charge is -2.35. The summed E-state index contributed by atoms with van der Waals surface area (Å²) < 4.78 is 5.40. The van der Waals surface area contributed by atoms with E-state index in [4.69, 9.17) is 9.84 Å². The first kappa shape index (κ1) is 11.8. The van der Waals surface area contributed by atoms with Gasteiger partial charge in [0.1, 0.15) is 5.82 Å². The molecule has 0 saturated carbocycles. The molecule has 0 spiro atoms. The summed E-state index contributed by atoms with van der Waals surface area (Å²) in [5.74, 6) is -0.444. The molecule has 1 aliphatic heterocycles. The van der Waals surface area contributed by atoms with Crippen LogP contribution in [-0.4, -0.2) is 46.8 Å². The maximum atomic E-state index is 10.8. The lowest BCUT2D eigenvalue weighted by molar-refractivity contribution is 0.0689. The number of nitrogens with zero attached hydrogens (tertiary/aromatic N) is 3. The molecule has 1 aromatic heterocycles.